The number of hydrogen-bond donors (Lipinski definition) is 2. The number of benzene rings is 2. The first kappa shape index (κ1) is 23.7. The summed E-state index contributed by atoms with van der Waals surface area (Å²) in [5.41, 5.74) is 9.79. The van der Waals surface area contributed by atoms with Crippen LogP contribution < -0.4 is 11.1 Å². The zero-order chi connectivity index (χ0) is 24.4. The minimum absolute atomic E-state index is 0.110. The number of alkyl halides is 1. The molecule has 1 heterocycles. The number of carbonyl (C=O) groups is 3. The molecule has 1 fully saturated rings. The molecule has 4 rings (SSSR count). The number of amides is 3. The molecule has 4 atom stereocenters. The summed E-state index contributed by atoms with van der Waals surface area (Å²) in [6.45, 7) is 3.60. The average Bonchev–Trinajstić information content (AvgIpc) is 3.38. The number of nitrogens with zero attached hydrogens (tertiary/aromatic N) is 1. The lowest BCUT2D eigenvalue weighted by atomic mass is 9.97. The van der Waals surface area contributed by atoms with Crippen molar-refractivity contribution < 1.29 is 23.5 Å². The second-order valence-electron chi connectivity index (χ2n) is 9.07. The third-order valence-corrected chi connectivity index (χ3v) is 6.96. The third kappa shape index (κ3) is 4.49. The van der Waals surface area contributed by atoms with Crippen LogP contribution in [0.2, 0.25) is 0 Å². The van der Waals surface area contributed by atoms with Gasteiger partial charge in [0.05, 0.1) is 6.54 Å². The first-order valence-electron chi connectivity index (χ1n) is 11.7. The fourth-order valence-electron chi connectivity index (χ4n) is 4.93. The molecule has 2 aromatic rings. The van der Waals surface area contributed by atoms with Crippen molar-refractivity contribution in [3.63, 3.8) is 0 Å². The molecule has 3 N–H and O–H groups in total. The smallest absolute Gasteiger partial charge is 0.407 e. The second-order valence-corrected chi connectivity index (χ2v) is 9.07. The number of rotatable bonds is 7. The number of ether oxygens (including phenoxy) is 1. The minimum atomic E-state index is -1.33. The van der Waals surface area contributed by atoms with E-state index in [2.05, 4.69) is 17.4 Å². The van der Waals surface area contributed by atoms with Crippen LogP contribution in [0, 0.1) is 5.92 Å². The van der Waals surface area contributed by atoms with Crippen LogP contribution in [0.25, 0.3) is 11.1 Å². The second kappa shape index (κ2) is 9.83. The number of alkyl carbamates (subject to hydrolysis) is 1. The molecule has 3 amide bonds. The van der Waals surface area contributed by atoms with Crippen LogP contribution in [-0.2, 0) is 14.3 Å². The van der Waals surface area contributed by atoms with Crippen molar-refractivity contribution in [1.29, 1.82) is 0 Å². The quantitative estimate of drug-likeness (QED) is 0.652. The van der Waals surface area contributed by atoms with Gasteiger partial charge in [-0.3, -0.25) is 9.59 Å². The van der Waals surface area contributed by atoms with Gasteiger partial charge < -0.3 is 20.7 Å². The van der Waals surface area contributed by atoms with Crippen molar-refractivity contribution in [2.24, 2.45) is 11.7 Å². The first-order valence-corrected chi connectivity index (χ1v) is 11.7. The lowest BCUT2D eigenvalue weighted by molar-refractivity contribution is -0.140. The molecule has 1 saturated heterocycles. The predicted octanol–water partition coefficient (Wildman–Crippen LogP) is 3.36. The molecular formula is C26H30FN3O4. The van der Waals surface area contributed by atoms with Gasteiger partial charge in [-0.25, -0.2) is 9.18 Å². The van der Waals surface area contributed by atoms with Crippen molar-refractivity contribution in [3.05, 3.63) is 59.7 Å². The number of likely N-dealkylation sites (tertiary alicyclic amines) is 1. The van der Waals surface area contributed by atoms with E-state index in [0.717, 1.165) is 27.2 Å². The van der Waals surface area contributed by atoms with Crippen molar-refractivity contribution in [2.45, 2.75) is 50.9 Å². The van der Waals surface area contributed by atoms with Gasteiger partial charge in [-0.1, -0.05) is 68.8 Å². The molecule has 0 aromatic heterocycles. The van der Waals surface area contributed by atoms with E-state index in [1.54, 1.807) is 0 Å². The zero-order valence-corrected chi connectivity index (χ0v) is 19.4. The molecule has 0 radical (unpaired) electrons. The maximum Gasteiger partial charge on any atom is 0.407 e. The molecule has 2 aromatic carbocycles. The SMILES string of the molecule is CC[C@H](C)[C@H](NC(=O)OCC1c2ccccc2-c2ccccc21)C(=O)N1CC(F)CC1C(N)=O. The standard InChI is InChI=1S/C26H30FN3O4/c1-3-15(2)23(25(32)30-13-16(27)12-22(30)24(28)31)29-26(33)34-14-21-19-10-6-4-8-17(19)18-9-5-7-11-20(18)21/h4-11,15-16,21-23H,3,12-14H2,1-2H3,(H2,28,31)(H,29,33)/t15-,16?,22?,23-/m0/s1. The number of primary amides is 1. The molecule has 2 aliphatic rings. The summed E-state index contributed by atoms with van der Waals surface area (Å²) in [5.74, 6) is -1.63. The van der Waals surface area contributed by atoms with Crippen LogP contribution in [0.4, 0.5) is 9.18 Å². The Hall–Kier alpha value is -3.42. The lowest BCUT2D eigenvalue weighted by Crippen LogP contribution is -2.55. The van der Waals surface area contributed by atoms with Crippen LogP contribution in [0.3, 0.4) is 0 Å². The van der Waals surface area contributed by atoms with E-state index in [9.17, 15) is 18.8 Å². The molecule has 0 saturated carbocycles. The highest BCUT2D eigenvalue weighted by molar-refractivity contribution is 5.91. The molecule has 8 heteroatoms. The number of halogens is 1. The summed E-state index contributed by atoms with van der Waals surface area (Å²) in [7, 11) is 0. The fourth-order valence-corrected chi connectivity index (χ4v) is 4.93. The third-order valence-electron chi connectivity index (χ3n) is 6.96. The highest BCUT2D eigenvalue weighted by atomic mass is 19.1. The summed E-state index contributed by atoms with van der Waals surface area (Å²) in [6, 6.07) is 14.1. The summed E-state index contributed by atoms with van der Waals surface area (Å²) < 4.78 is 19.6. The van der Waals surface area contributed by atoms with E-state index < -0.39 is 36.2 Å². The molecule has 34 heavy (non-hydrogen) atoms. The highest BCUT2D eigenvalue weighted by Crippen LogP contribution is 2.44. The maximum absolute atomic E-state index is 14.0. The first-order chi connectivity index (χ1) is 16.3. The van der Waals surface area contributed by atoms with E-state index in [4.69, 9.17) is 10.5 Å². The van der Waals surface area contributed by atoms with Gasteiger partial charge in [-0.05, 0) is 28.2 Å². The van der Waals surface area contributed by atoms with E-state index in [-0.39, 0.29) is 31.4 Å². The van der Waals surface area contributed by atoms with E-state index in [0.29, 0.717) is 6.42 Å². The molecule has 1 aliphatic carbocycles. The predicted molar refractivity (Wildman–Crippen MR) is 126 cm³/mol. The Balaban J connectivity index is 1.46. The largest absolute Gasteiger partial charge is 0.449 e. The van der Waals surface area contributed by atoms with Gasteiger partial charge in [0.25, 0.3) is 0 Å². The minimum Gasteiger partial charge on any atom is -0.449 e. The number of hydrogen-bond acceptors (Lipinski definition) is 4. The number of carbonyl (C=O) groups excluding carboxylic acids is 3. The van der Waals surface area contributed by atoms with Crippen molar-refractivity contribution in [3.8, 4) is 11.1 Å². The molecule has 7 nitrogen and oxygen atoms in total. The topological polar surface area (TPSA) is 102 Å². The maximum atomic E-state index is 14.0. The van der Waals surface area contributed by atoms with Crippen molar-refractivity contribution >= 4 is 17.9 Å². The Kier molecular flexibility index (Phi) is 6.86. The van der Waals surface area contributed by atoms with Gasteiger partial charge in [0.2, 0.25) is 11.8 Å². The summed E-state index contributed by atoms with van der Waals surface area (Å²) in [4.78, 5) is 38.9. The number of nitrogens with one attached hydrogen (secondary N) is 1. The van der Waals surface area contributed by atoms with Crippen LogP contribution >= 0.6 is 0 Å². The van der Waals surface area contributed by atoms with Crippen molar-refractivity contribution in [2.75, 3.05) is 13.2 Å². The zero-order valence-electron chi connectivity index (χ0n) is 19.4. The van der Waals surface area contributed by atoms with E-state index in [1.807, 2.05) is 50.2 Å². The van der Waals surface area contributed by atoms with E-state index >= 15 is 0 Å². The number of nitrogens with two attached hydrogens (primary N) is 1. The normalized spacial score (nSPS) is 20.9. The molecule has 0 spiro atoms. The summed E-state index contributed by atoms with van der Waals surface area (Å²) >= 11 is 0. The molecular weight excluding hydrogens is 437 g/mol. The Morgan fingerprint density at radius 3 is 2.26 bits per heavy atom. The highest BCUT2D eigenvalue weighted by Gasteiger charge is 2.42. The van der Waals surface area contributed by atoms with Gasteiger partial charge in [-0.2, -0.15) is 0 Å². The van der Waals surface area contributed by atoms with Crippen LogP contribution in [0.1, 0.15) is 43.7 Å². The molecule has 180 valence electrons. The molecule has 0 bridgehead atoms. The Labute approximate surface area is 198 Å². The average molecular weight is 468 g/mol. The van der Waals surface area contributed by atoms with Crippen LogP contribution in [0.15, 0.2) is 48.5 Å². The van der Waals surface area contributed by atoms with Gasteiger partial charge in [0.15, 0.2) is 0 Å². The van der Waals surface area contributed by atoms with Gasteiger partial charge in [-0.15, -0.1) is 0 Å². The fraction of sp³-hybridized carbons (Fsp3) is 0.423. The van der Waals surface area contributed by atoms with Gasteiger partial charge in [0, 0.05) is 12.3 Å². The summed E-state index contributed by atoms with van der Waals surface area (Å²) in [6.07, 6.45) is -1.59. The number of fused-ring (bicyclic) bond motifs is 3. The molecule has 1 aliphatic heterocycles. The van der Waals surface area contributed by atoms with Crippen LogP contribution in [-0.4, -0.2) is 54.2 Å². The van der Waals surface area contributed by atoms with Crippen LogP contribution in [0.5, 0.6) is 0 Å². The Morgan fingerprint density at radius 2 is 1.71 bits per heavy atom. The lowest BCUT2D eigenvalue weighted by Gasteiger charge is -2.30. The monoisotopic (exact) mass is 467 g/mol. The van der Waals surface area contributed by atoms with E-state index in [1.165, 1.54) is 0 Å². The Morgan fingerprint density at radius 1 is 1.12 bits per heavy atom. The van der Waals surface area contributed by atoms with Gasteiger partial charge in [0.1, 0.15) is 24.9 Å². The van der Waals surface area contributed by atoms with Gasteiger partial charge >= 0.3 is 6.09 Å². The Bertz CT molecular complexity index is 1050. The summed E-state index contributed by atoms with van der Waals surface area (Å²) in [5, 5.41) is 2.66. The van der Waals surface area contributed by atoms with Crippen molar-refractivity contribution in [1.82, 2.24) is 10.2 Å². The molecule has 2 unspecified atom stereocenters.